The van der Waals surface area contributed by atoms with E-state index in [1.165, 1.54) is 38.8 Å². The third-order valence-corrected chi connectivity index (χ3v) is 12.7. The summed E-state index contributed by atoms with van der Waals surface area (Å²) in [7, 11) is 0. The average molecular weight is 1060 g/mol. The molecule has 2 fully saturated rings. The second kappa shape index (κ2) is 26.9. The monoisotopic (exact) mass is 1060 g/mol. The van der Waals surface area contributed by atoms with Gasteiger partial charge in [-0.25, -0.2) is 9.59 Å². The highest BCUT2D eigenvalue weighted by Gasteiger charge is 2.33. The Balaban J connectivity index is 0.000000328. The van der Waals surface area contributed by atoms with Crippen LogP contribution in [0, 0.1) is 0 Å². The van der Waals surface area contributed by atoms with Gasteiger partial charge in [-0.1, -0.05) is 74.2 Å². The molecule has 4 aromatic carbocycles. The summed E-state index contributed by atoms with van der Waals surface area (Å²) in [5.74, 6) is -1.91. The lowest BCUT2D eigenvalue weighted by molar-refractivity contribution is -0.145. The van der Waals surface area contributed by atoms with Crippen molar-refractivity contribution in [3.63, 3.8) is 0 Å². The van der Waals surface area contributed by atoms with Crippen LogP contribution in [0.3, 0.4) is 0 Å². The van der Waals surface area contributed by atoms with Crippen LogP contribution in [0.5, 0.6) is 0 Å². The van der Waals surface area contributed by atoms with Gasteiger partial charge in [-0.05, 0) is 165 Å². The van der Waals surface area contributed by atoms with E-state index in [0.717, 1.165) is 36.8 Å². The number of amides is 5. The van der Waals surface area contributed by atoms with Gasteiger partial charge >= 0.3 is 12.2 Å². The van der Waals surface area contributed by atoms with E-state index in [4.69, 9.17) is 9.47 Å². The number of aliphatic hydroxyl groups excluding tert-OH is 1. The molecule has 0 radical (unpaired) electrons. The van der Waals surface area contributed by atoms with Crippen LogP contribution in [0.1, 0.15) is 163 Å². The van der Waals surface area contributed by atoms with Crippen molar-refractivity contribution in [3.05, 3.63) is 136 Å². The van der Waals surface area contributed by atoms with Crippen molar-refractivity contribution in [2.75, 3.05) is 31.5 Å². The average Bonchev–Trinajstić information content (AvgIpc) is 3.35. The van der Waals surface area contributed by atoms with E-state index in [-0.39, 0.29) is 25.7 Å². The first-order chi connectivity index (χ1) is 35.5. The minimum Gasteiger partial charge on any atom is -0.444 e. The summed E-state index contributed by atoms with van der Waals surface area (Å²) in [6.07, 6.45) is 0.572. The number of hydrogen-bond donors (Lipinski definition) is 6. The normalized spacial score (nSPS) is 14.9. The van der Waals surface area contributed by atoms with Gasteiger partial charge in [0.25, 0.3) is 17.7 Å². The molecule has 1 unspecified atom stereocenters. The van der Waals surface area contributed by atoms with Crippen molar-refractivity contribution < 1.29 is 58.4 Å². The Morgan fingerprint density at radius 1 is 0.571 bits per heavy atom. The zero-order chi connectivity index (χ0) is 56.2. The summed E-state index contributed by atoms with van der Waals surface area (Å²) in [6.45, 7) is 19.3. The minimum atomic E-state index is -1.72. The zero-order valence-corrected chi connectivity index (χ0v) is 45.7. The quantitative estimate of drug-likeness (QED) is 0.0614. The van der Waals surface area contributed by atoms with Crippen LogP contribution in [0.4, 0.5) is 15.3 Å². The molecular formula is C60H81N5O12. The van der Waals surface area contributed by atoms with Gasteiger partial charge in [0, 0.05) is 62.5 Å². The van der Waals surface area contributed by atoms with E-state index in [0.29, 0.717) is 73.5 Å². The Kier molecular flexibility index (Phi) is 21.9. The number of likely N-dealkylation sites (tertiary alicyclic amines) is 2. The summed E-state index contributed by atoms with van der Waals surface area (Å²) in [4.78, 5) is 90.3. The fourth-order valence-corrected chi connectivity index (χ4v) is 8.77. The number of nitrogens with zero attached hydrogens (tertiary/aromatic N) is 2. The maximum absolute atomic E-state index is 13.2. The molecule has 1 atom stereocenters. The van der Waals surface area contributed by atoms with Crippen LogP contribution in [0.15, 0.2) is 97.1 Å². The predicted molar refractivity (Wildman–Crippen MR) is 295 cm³/mol. The summed E-state index contributed by atoms with van der Waals surface area (Å²) < 4.78 is 10.6. The molecule has 6 rings (SSSR count). The number of carbonyl (C=O) groups excluding carboxylic acids is 7. The third-order valence-electron chi connectivity index (χ3n) is 12.7. The van der Waals surface area contributed by atoms with E-state index in [2.05, 4.69) is 40.2 Å². The van der Waals surface area contributed by atoms with Crippen LogP contribution in [0.2, 0.25) is 0 Å². The highest BCUT2D eigenvalue weighted by molar-refractivity contribution is 6.40. The lowest BCUT2D eigenvalue weighted by Crippen LogP contribution is -2.44. The van der Waals surface area contributed by atoms with Crippen LogP contribution < -0.4 is 16.0 Å². The van der Waals surface area contributed by atoms with E-state index in [1.807, 2.05) is 70.7 Å². The molecule has 17 nitrogen and oxygen atoms in total. The zero-order valence-electron chi connectivity index (χ0n) is 45.7. The highest BCUT2D eigenvalue weighted by atomic mass is 16.6. The summed E-state index contributed by atoms with van der Waals surface area (Å²) in [5, 5.41) is 37.8. The molecule has 6 N–H and O–H groups in total. The molecule has 2 heterocycles. The first-order valence-electron chi connectivity index (χ1n) is 25.9. The number of hydrogen-bond acceptors (Lipinski definition) is 12. The molecule has 0 aliphatic carbocycles. The van der Waals surface area contributed by atoms with Crippen molar-refractivity contribution in [3.8, 4) is 0 Å². The number of rotatable bonds is 15. The fourth-order valence-electron chi connectivity index (χ4n) is 8.77. The number of anilines is 1. The molecule has 0 bridgehead atoms. The molecule has 2 aliphatic rings. The number of aliphatic hydroxyl groups is 3. The predicted octanol–water partition coefficient (Wildman–Crippen LogP) is 8.62. The first kappa shape index (κ1) is 62.6. The minimum absolute atomic E-state index is 0. The Morgan fingerprint density at radius 3 is 1.39 bits per heavy atom. The van der Waals surface area contributed by atoms with Gasteiger partial charge in [0.15, 0.2) is 6.10 Å². The Hall–Kier alpha value is -6.95. The van der Waals surface area contributed by atoms with Gasteiger partial charge in [-0.3, -0.25) is 24.0 Å². The number of nitrogens with one attached hydrogen (secondary N) is 3. The fraction of sp³-hybridized carbons (Fsp3) is 0.483. The second-order valence-electron chi connectivity index (χ2n) is 22.6. The largest absolute Gasteiger partial charge is 0.444 e. The Bertz CT molecular complexity index is 2700. The molecule has 5 amide bonds. The van der Waals surface area contributed by atoms with Gasteiger partial charge in [-0.2, -0.15) is 0 Å². The lowest BCUT2D eigenvalue weighted by atomic mass is 9.88. The van der Waals surface area contributed by atoms with E-state index >= 15 is 0 Å². The smallest absolute Gasteiger partial charge is 0.407 e. The van der Waals surface area contributed by atoms with Crippen LogP contribution in [-0.4, -0.2) is 121 Å². The number of alkyl carbamates (subject to hydrolysis) is 2. The maximum Gasteiger partial charge on any atom is 0.407 e. The molecule has 0 saturated carbocycles. The molecule has 77 heavy (non-hydrogen) atoms. The maximum atomic E-state index is 13.2. The van der Waals surface area contributed by atoms with Crippen LogP contribution >= 0.6 is 0 Å². The number of benzene rings is 4. The first-order valence-corrected chi connectivity index (χ1v) is 25.9. The van der Waals surface area contributed by atoms with E-state index in [1.54, 1.807) is 53.4 Å². The van der Waals surface area contributed by atoms with E-state index in [9.17, 15) is 48.9 Å². The number of carbonyl (C=O) groups is 7. The molecule has 4 aromatic rings. The van der Waals surface area contributed by atoms with Crippen molar-refractivity contribution in [2.45, 2.75) is 162 Å². The Labute approximate surface area is 454 Å². The number of Topliss-reactive ketones (excluding diaryl/α,β-unsaturated/α-hetero) is 2. The SMILES string of the molecule is C.CC(C)(C)OC(=O)NCc1cccc(C2CCN(C(=O)c3cccc(CC(=O)C(=O)C(C)(C)O)c3)CC2)c1.CC(C)(C)OC(=O)NCc1cccc(C2CCN(C(=O)c3cccc(NC(=O)C(O)C(C)(C)O)c3)CC2)c1. The van der Waals surface area contributed by atoms with Crippen molar-refractivity contribution in [2.24, 2.45) is 0 Å². The molecule has 2 saturated heterocycles. The highest BCUT2D eigenvalue weighted by Crippen LogP contribution is 2.31. The van der Waals surface area contributed by atoms with Gasteiger partial charge in [0.05, 0.1) is 5.60 Å². The second-order valence-corrected chi connectivity index (χ2v) is 22.6. The molecule has 0 spiro atoms. The lowest BCUT2D eigenvalue weighted by Gasteiger charge is -2.32. The van der Waals surface area contributed by atoms with Crippen LogP contribution in [0.25, 0.3) is 0 Å². The van der Waals surface area contributed by atoms with E-state index < -0.39 is 58.2 Å². The van der Waals surface area contributed by atoms with Gasteiger partial charge in [0.2, 0.25) is 11.6 Å². The molecule has 17 heteroatoms. The summed E-state index contributed by atoms with van der Waals surface area (Å²) in [6, 6.07) is 29.5. The molecule has 418 valence electrons. The summed E-state index contributed by atoms with van der Waals surface area (Å²) in [5.41, 5.74) is 1.77. The van der Waals surface area contributed by atoms with Gasteiger partial charge in [-0.15, -0.1) is 0 Å². The van der Waals surface area contributed by atoms with Crippen molar-refractivity contribution in [1.29, 1.82) is 0 Å². The molecule has 2 aliphatic heterocycles. The molecule has 0 aromatic heterocycles. The van der Waals surface area contributed by atoms with Gasteiger partial charge in [0.1, 0.15) is 16.8 Å². The van der Waals surface area contributed by atoms with Crippen LogP contribution in [-0.2, 0) is 43.4 Å². The molecular weight excluding hydrogens is 983 g/mol. The third kappa shape index (κ3) is 19.9. The topological polar surface area (TPSA) is 241 Å². The van der Waals surface area contributed by atoms with Gasteiger partial charge < -0.3 is 50.5 Å². The Morgan fingerprint density at radius 2 is 0.974 bits per heavy atom. The standard InChI is InChI=1S/C30H38N2O6.C29H39N3O6.CH4/c1-29(2,3)38-28(36)31-19-21-9-7-10-23(17-21)22-12-14-32(15-13-22)27(35)24-11-6-8-20(16-24)18-25(33)26(34)30(4,5)37;1-28(2,3)38-27(36)30-18-19-8-6-9-21(16-19)20-12-14-32(15-13-20)26(35)22-10-7-11-23(17-22)31-25(34)24(33)29(4,5)37;/h6-11,16-17,22,37H,12-15,18-19H2,1-5H3,(H,31,36);6-11,16-17,20,24,33,37H,12-15,18H2,1-5H3,(H,30,36)(H,31,34);1H4. The number of ketones is 2. The number of ether oxygens (including phenoxy) is 2. The van der Waals surface area contributed by atoms with Crippen molar-refractivity contribution >= 4 is 47.2 Å². The summed E-state index contributed by atoms with van der Waals surface area (Å²) >= 11 is 0. The van der Waals surface area contributed by atoms with Crippen molar-refractivity contribution in [1.82, 2.24) is 20.4 Å². The number of piperidine rings is 2.